The van der Waals surface area contributed by atoms with Crippen molar-refractivity contribution in [2.24, 2.45) is 5.10 Å². The summed E-state index contributed by atoms with van der Waals surface area (Å²) in [6, 6.07) is 13.8. The minimum absolute atomic E-state index is 0.227. The fraction of sp³-hybridized carbons (Fsp3) is 0.455. The van der Waals surface area contributed by atoms with Gasteiger partial charge in [0.2, 0.25) is 10.0 Å². The van der Waals surface area contributed by atoms with E-state index in [1.807, 2.05) is 13.1 Å². The summed E-state index contributed by atoms with van der Waals surface area (Å²) in [5.74, 6) is 0.876. The topological polar surface area (TPSA) is 77.9 Å². The summed E-state index contributed by atoms with van der Waals surface area (Å²) in [5.41, 5.74) is 5.46. The number of piperazine rings is 1. The maximum atomic E-state index is 12.8. The van der Waals surface area contributed by atoms with Gasteiger partial charge in [-0.1, -0.05) is 36.8 Å². The minimum atomic E-state index is -3.50. The van der Waals surface area contributed by atoms with Crippen LogP contribution >= 0.6 is 0 Å². The SMILES string of the molecule is CN1CCN(S(=O)(=O)c2ccc(NN=C3CCCC[C@H]3c3ccccc3)nc2)CC1. The van der Waals surface area contributed by atoms with Crippen molar-refractivity contribution < 1.29 is 8.42 Å². The number of nitrogens with one attached hydrogen (secondary N) is 1. The van der Waals surface area contributed by atoms with Crippen molar-refractivity contribution in [3.63, 3.8) is 0 Å². The fourth-order valence-corrected chi connectivity index (χ4v) is 5.45. The van der Waals surface area contributed by atoms with Crippen LogP contribution in [0.5, 0.6) is 0 Å². The smallest absolute Gasteiger partial charge is 0.244 e. The van der Waals surface area contributed by atoms with Crippen LogP contribution in [0.25, 0.3) is 0 Å². The fourth-order valence-electron chi connectivity index (χ4n) is 4.08. The number of pyridine rings is 1. The Bertz CT molecular complexity index is 968. The van der Waals surface area contributed by atoms with E-state index in [0.717, 1.165) is 38.1 Å². The van der Waals surface area contributed by atoms with E-state index in [2.05, 4.69) is 44.7 Å². The maximum Gasteiger partial charge on any atom is 0.244 e. The number of rotatable bonds is 5. The van der Waals surface area contributed by atoms with E-state index in [0.29, 0.717) is 24.8 Å². The van der Waals surface area contributed by atoms with Gasteiger partial charge in [-0.25, -0.2) is 13.4 Å². The van der Waals surface area contributed by atoms with Crippen molar-refractivity contribution >= 4 is 21.6 Å². The molecule has 1 aromatic carbocycles. The lowest BCUT2D eigenvalue weighted by Gasteiger charge is -2.31. The quantitative estimate of drug-likeness (QED) is 0.742. The Labute approximate surface area is 178 Å². The summed E-state index contributed by atoms with van der Waals surface area (Å²) in [4.78, 5) is 6.66. The Morgan fingerprint density at radius 1 is 1.03 bits per heavy atom. The Kier molecular flexibility index (Phi) is 6.46. The first-order valence-electron chi connectivity index (χ1n) is 10.6. The highest BCUT2D eigenvalue weighted by Crippen LogP contribution is 2.31. The highest BCUT2D eigenvalue weighted by Gasteiger charge is 2.27. The average Bonchev–Trinajstić information content (AvgIpc) is 2.79. The van der Waals surface area contributed by atoms with Gasteiger partial charge >= 0.3 is 0 Å². The first-order chi connectivity index (χ1) is 14.5. The number of hydrazone groups is 1. The molecule has 2 aliphatic rings. The Morgan fingerprint density at radius 3 is 2.50 bits per heavy atom. The molecular weight excluding hydrogens is 398 g/mol. The number of sulfonamides is 1. The number of likely N-dealkylation sites (N-methyl/N-ethyl adjacent to an activating group) is 1. The molecule has 160 valence electrons. The van der Waals surface area contributed by atoms with Crippen LogP contribution in [0.3, 0.4) is 0 Å². The molecule has 0 spiro atoms. The van der Waals surface area contributed by atoms with E-state index < -0.39 is 10.0 Å². The normalized spacial score (nSPS) is 22.8. The van der Waals surface area contributed by atoms with Crippen LogP contribution in [-0.2, 0) is 10.0 Å². The molecule has 4 rings (SSSR count). The van der Waals surface area contributed by atoms with Gasteiger partial charge in [-0.3, -0.25) is 5.43 Å². The van der Waals surface area contributed by atoms with Gasteiger partial charge in [0, 0.05) is 44.0 Å². The molecule has 7 nitrogen and oxygen atoms in total. The summed E-state index contributed by atoms with van der Waals surface area (Å²) in [5, 5.41) is 4.64. The first kappa shape index (κ1) is 21.0. The molecule has 2 fully saturated rings. The lowest BCUT2D eigenvalue weighted by molar-refractivity contribution is 0.222. The minimum Gasteiger partial charge on any atom is -0.304 e. The van der Waals surface area contributed by atoms with E-state index >= 15 is 0 Å². The van der Waals surface area contributed by atoms with Crippen molar-refractivity contribution in [1.29, 1.82) is 0 Å². The second kappa shape index (κ2) is 9.24. The number of anilines is 1. The molecule has 1 atom stereocenters. The molecule has 0 unspecified atom stereocenters. The van der Waals surface area contributed by atoms with Crippen LogP contribution in [0.2, 0.25) is 0 Å². The van der Waals surface area contributed by atoms with Crippen LogP contribution < -0.4 is 5.43 Å². The first-order valence-corrected chi connectivity index (χ1v) is 12.0. The number of nitrogens with zero attached hydrogens (tertiary/aromatic N) is 4. The standard InChI is InChI=1S/C22H29N5O2S/c1-26-13-15-27(16-14-26)30(28,29)19-11-12-22(23-17-19)25-24-21-10-6-5-9-20(21)18-7-3-2-4-8-18/h2-4,7-8,11-12,17,20H,5-6,9-10,13-16H2,1H3,(H,23,25)/t20-/m0/s1. The maximum absolute atomic E-state index is 12.8. The zero-order valence-corrected chi connectivity index (χ0v) is 18.2. The van der Waals surface area contributed by atoms with Crippen LogP contribution in [-0.4, -0.2) is 61.5 Å². The van der Waals surface area contributed by atoms with Gasteiger partial charge < -0.3 is 4.90 Å². The zero-order valence-electron chi connectivity index (χ0n) is 17.4. The van der Waals surface area contributed by atoms with Crippen LogP contribution in [0.1, 0.15) is 37.2 Å². The third kappa shape index (κ3) is 4.71. The summed E-state index contributed by atoms with van der Waals surface area (Å²) < 4.78 is 27.2. The number of aromatic nitrogens is 1. The van der Waals surface area contributed by atoms with Gasteiger partial charge in [0.15, 0.2) is 0 Å². The van der Waals surface area contributed by atoms with Crippen molar-refractivity contribution in [2.45, 2.75) is 36.5 Å². The van der Waals surface area contributed by atoms with Crippen molar-refractivity contribution in [3.8, 4) is 0 Å². The van der Waals surface area contributed by atoms with Gasteiger partial charge in [0.1, 0.15) is 10.7 Å². The number of hydrogen-bond donors (Lipinski definition) is 1. The molecule has 1 saturated carbocycles. The number of benzene rings is 1. The molecular formula is C22H29N5O2S. The van der Waals surface area contributed by atoms with E-state index in [9.17, 15) is 8.42 Å². The molecule has 1 aromatic heterocycles. The van der Waals surface area contributed by atoms with E-state index in [1.54, 1.807) is 12.1 Å². The molecule has 2 aromatic rings. The van der Waals surface area contributed by atoms with Crippen molar-refractivity contribution in [2.75, 3.05) is 38.7 Å². The van der Waals surface area contributed by atoms with Crippen molar-refractivity contribution in [1.82, 2.24) is 14.2 Å². The van der Waals surface area contributed by atoms with Gasteiger partial charge in [-0.15, -0.1) is 0 Å². The predicted molar refractivity (Wildman–Crippen MR) is 119 cm³/mol. The summed E-state index contributed by atoms with van der Waals surface area (Å²) in [6.07, 6.45) is 5.82. The molecule has 0 bridgehead atoms. The van der Waals surface area contributed by atoms with Gasteiger partial charge in [-0.2, -0.15) is 9.41 Å². The highest BCUT2D eigenvalue weighted by molar-refractivity contribution is 7.89. The molecule has 1 aliphatic heterocycles. The summed E-state index contributed by atoms with van der Waals surface area (Å²) in [6.45, 7) is 2.50. The van der Waals surface area contributed by atoms with E-state index in [1.165, 1.54) is 22.5 Å². The second-order valence-corrected chi connectivity index (χ2v) is 9.95. The van der Waals surface area contributed by atoms with E-state index in [4.69, 9.17) is 0 Å². The number of hydrogen-bond acceptors (Lipinski definition) is 6. The van der Waals surface area contributed by atoms with Crippen LogP contribution in [0.15, 0.2) is 58.7 Å². The molecule has 2 heterocycles. The third-order valence-electron chi connectivity index (χ3n) is 5.93. The summed E-state index contributed by atoms with van der Waals surface area (Å²) in [7, 11) is -1.50. The lowest BCUT2D eigenvalue weighted by Crippen LogP contribution is -2.47. The summed E-state index contributed by atoms with van der Waals surface area (Å²) >= 11 is 0. The Hall–Kier alpha value is -2.29. The Balaban J connectivity index is 1.45. The van der Waals surface area contributed by atoms with Crippen LogP contribution in [0.4, 0.5) is 5.82 Å². The molecule has 1 saturated heterocycles. The van der Waals surface area contributed by atoms with Crippen molar-refractivity contribution in [3.05, 3.63) is 54.2 Å². The molecule has 8 heteroatoms. The van der Waals surface area contributed by atoms with Gasteiger partial charge in [-0.05, 0) is 44.0 Å². The highest BCUT2D eigenvalue weighted by atomic mass is 32.2. The molecule has 1 aliphatic carbocycles. The monoisotopic (exact) mass is 427 g/mol. The average molecular weight is 428 g/mol. The Morgan fingerprint density at radius 2 is 1.80 bits per heavy atom. The van der Waals surface area contributed by atoms with Gasteiger partial charge in [0.05, 0.1) is 0 Å². The van der Waals surface area contributed by atoms with Crippen LogP contribution in [0, 0.1) is 0 Å². The molecule has 30 heavy (non-hydrogen) atoms. The molecule has 0 amide bonds. The largest absolute Gasteiger partial charge is 0.304 e. The van der Waals surface area contributed by atoms with E-state index in [-0.39, 0.29) is 4.90 Å². The lowest BCUT2D eigenvalue weighted by atomic mass is 9.82. The zero-order chi connectivity index (χ0) is 21.0. The third-order valence-corrected chi connectivity index (χ3v) is 7.81. The predicted octanol–water partition coefficient (Wildman–Crippen LogP) is 3.14. The second-order valence-electron chi connectivity index (χ2n) is 8.01. The van der Waals surface area contributed by atoms with Gasteiger partial charge in [0.25, 0.3) is 0 Å². The molecule has 0 radical (unpaired) electrons. The molecule has 1 N–H and O–H groups in total.